The molecule has 0 spiro atoms. The van der Waals surface area contributed by atoms with Crippen LogP contribution in [0.25, 0.3) is 11.1 Å². The molecule has 1 N–H and O–H groups in total. The van der Waals surface area contributed by atoms with Gasteiger partial charge >= 0.3 is 0 Å². The zero-order valence-electron chi connectivity index (χ0n) is 11.6. The molecular formula is C16H19Cl2FN2. The number of benzene rings is 2. The van der Waals surface area contributed by atoms with Crippen LogP contribution in [0.15, 0.2) is 48.5 Å². The molecule has 21 heavy (non-hydrogen) atoms. The summed E-state index contributed by atoms with van der Waals surface area (Å²) in [5.41, 5.74) is 3.43. The van der Waals surface area contributed by atoms with Gasteiger partial charge in [0.25, 0.3) is 0 Å². The van der Waals surface area contributed by atoms with Crippen LogP contribution in [0.5, 0.6) is 0 Å². The summed E-state index contributed by atoms with van der Waals surface area (Å²) in [6.07, 6.45) is 0. The van der Waals surface area contributed by atoms with Crippen LogP contribution >= 0.6 is 24.8 Å². The predicted octanol–water partition coefficient (Wildman–Crippen LogP) is 3.75. The number of hydrogen-bond donors (Lipinski definition) is 1. The van der Waals surface area contributed by atoms with Crippen molar-refractivity contribution in [2.75, 3.05) is 31.1 Å². The van der Waals surface area contributed by atoms with E-state index in [0.717, 1.165) is 37.3 Å². The molecule has 0 aromatic heterocycles. The Morgan fingerprint density at radius 2 is 1.24 bits per heavy atom. The van der Waals surface area contributed by atoms with Crippen molar-refractivity contribution in [2.24, 2.45) is 0 Å². The van der Waals surface area contributed by atoms with Crippen LogP contribution in [0, 0.1) is 5.82 Å². The fraction of sp³-hybridized carbons (Fsp3) is 0.250. The molecule has 114 valence electrons. The Hall–Kier alpha value is -1.29. The smallest absolute Gasteiger partial charge is 0.123 e. The summed E-state index contributed by atoms with van der Waals surface area (Å²) in [6, 6.07) is 15.1. The summed E-state index contributed by atoms with van der Waals surface area (Å²) in [6.45, 7) is 4.19. The highest BCUT2D eigenvalue weighted by atomic mass is 35.5. The highest BCUT2D eigenvalue weighted by Crippen LogP contribution is 2.23. The summed E-state index contributed by atoms with van der Waals surface area (Å²) in [4.78, 5) is 2.38. The first kappa shape index (κ1) is 17.8. The predicted molar refractivity (Wildman–Crippen MR) is 91.4 cm³/mol. The molecule has 2 aromatic rings. The van der Waals surface area contributed by atoms with Gasteiger partial charge in [0.15, 0.2) is 0 Å². The first-order chi connectivity index (χ1) is 9.33. The standard InChI is InChI=1S/C16H17FN2.2ClH/c17-15-5-1-13(2-6-15)14-3-7-16(8-4-14)19-11-9-18-10-12-19;;/h1-8,18H,9-12H2;2*1H. The van der Waals surface area contributed by atoms with Gasteiger partial charge in [-0.05, 0) is 35.4 Å². The van der Waals surface area contributed by atoms with Gasteiger partial charge in [-0.1, -0.05) is 24.3 Å². The fourth-order valence-electron chi connectivity index (χ4n) is 2.43. The summed E-state index contributed by atoms with van der Waals surface area (Å²) >= 11 is 0. The Labute approximate surface area is 137 Å². The molecule has 2 nitrogen and oxygen atoms in total. The molecule has 1 heterocycles. The summed E-state index contributed by atoms with van der Waals surface area (Å²) < 4.78 is 12.9. The molecule has 0 atom stereocenters. The Balaban J connectivity index is 0.00000110. The Bertz CT molecular complexity index is 537. The molecule has 3 rings (SSSR count). The van der Waals surface area contributed by atoms with Gasteiger partial charge in [0.05, 0.1) is 0 Å². The van der Waals surface area contributed by atoms with Crippen LogP contribution in [-0.2, 0) is 0 Å². The zero-order chi connectivity index (χ0) is 13.1. The van der Waals surface area contributed by atoms with Gasteiger partial charge in [0.1, 0.15) is 5.82 Å². The maximum Gasteiger partial charge on any atom is 0.123 e. The van der Waals surface area contributed by atoms with Crippen LogP contribution in [-0.4, -0.2) is 26.2 Å². The van der Waals surface area contributed by atoms with Crippen LogP contribution < -0.4 is 10.2 Å². The molecule has 0 amide bonds. The van der Waals surface area contributed by atoms with E-state index < -0.39 is 0 Å². The second-order valence-corrected chi connectivity index (χ2v) is 4.79. The van der Waals surface area contributed by atoms with Crippen molar-refractivity contribution in [3.8, 4) is 11.1 Å². The lowest BCUT2D eigenvalue weighted by atomic mass is 10.1. The maximum atomic E-state index is 12.9. The van der Waals surface area contributed by atoms with Gasteiger partial charge in [0, 0.05) is 31.9 Å². The molecule has 0 aliphatic carbocycles. The third-order valence-corrected chi connectivity index (χ3v) is 3.53. The number of hydrogen-bond acceptors (Lipinski definition) is 2. The SMILES string of the molecule is Cl.Cl.Fc1ccc(-c2ccc(N3CCNCC3)cc2)cc1. The number of anilines is 1. The van der Waals surface area contributed by atoms with Crippen LogP contribution in [0.1, 0.15) is 0 Å². The average Bonchev–Trinajstić information content (AvgIpc) is 2.49. The van der Waals surface area contributed by atoms with Gasteiger partial charge in [-0.15, -0.1) is 24.8 Å². The van der Waals surface area contributed by atoms with E-state index in [-0.39, 0.29) is 30.6 Å². The van der Waals surface area contributed by atoms with E-state index >= 15 is 0 Å². The maximum absolute atomic E-state index is 12.9. The molecule has 0 radical (unpaired) electrons. The zero-order valence-corrected chi connectivity index (χ0v) is 13.2. The van der Waals surface area contributed by atoms with Crippen molar-refractivity contribution >= 4 is 30.5 Å². The number of rotatable bonds is 2. The van der Waals surface area contributed by atoms with Crippen LogP contribution in [0.2, 0.25) is 0 Å². The minimum atomic E-state index is -0.193. The fourth-order valence-corrected chi connectivity index (χ4v) is 2.43. The van der Waals surface area contributed by atoms with Crippen molar-refractivity contribution in [1.82, 2.24) is 5.32 Å². The van der Waals surface area contributed by atoms with Gasteiger partial charge in [-0.2, -0.15) is 0 Å². The van der Waals surface area contributed by atoms with Crippen LogP contribution in [0.3, 0.4) is 0 Å². The molecule has 0 unspecified atom stereocenters. The minimum Gasteiger partial charge on any atom is -0.369 e. The second-order valence-electron chi connectivity index (χ2n) is 4.79. The van der Waals surface area contributed by atoms with E-state index in [1.165, 1.54) is 17.8 Å². The number of nitrogens with one attached hydrogen (secondary N) is 1. The van der Waals surface area contributed by atoms with Gasteiger partial charge in [-0.25, -0.2) is 4.39 Å². The molecule has 1 aliphatic heterocycles. The largest absolute Gasteiger partial charge is 0.369 e. The Morgan fingerprint density at radius 1 is 0.762 bits per heavy atom. The molecular weight excluding hydrogens is 310 g/mol. The van der Waals surface area contributed by atoms with Crippen molar-refractivity contribution in [1.29, 1.82) is 0 Å². The van der Waals surface area contributed by atoms with Crippen LogP contribution in [0.4, 0.5) is 10.1 Å². The lowest BCUT2D eigenvalue weighted by Gasteiger charge is -2.29. The van der Waals surface area contributed by atoms with Gasteiger partial charge in [-0.3, -0.25) is 0 Å². The van der Waals surface area contributed by atoms with Crippen molar-refractivity contribution in [3.05, 3.63) is 54.3 Å². The van der Waals surface area contributed by atoms with E-state index in [1.807, 2.05) is 12.1 Å². The molecule has 2 aromatic carbocycles. The summed E-state index contributed by atoms with van der Waals surface area (Å²) in [5.74, 6) is -0.193. The van der Waals surface area contributed by atoms with Gasteiger partial charge in [0.2, 0.25) is 0 Å². The third-order valence-electron chi connectivity index (χ3n) is 3.53. The number of halogens is 3. The molecule has 0 bridgehead atoms. The number of nitrogens with zero attached hydrogens (tertiary/aromatic N) is 1. The quantitative estimate of drug-likeness (QED) is 0.903. The van der Waals surface area contributed by atoms with Crippen molar-refractivity contribution < 1.29 is 4.39 Å². The molecule has 5 heteroatoms. The van der Waals surface area contributed by atoms with E-state index in [1.54, 1.807) is 0 Å². The monoisotopic (exact) mass is 328 g/mol. The first-order valence-corrected chi connectivity index (χ1v) is 6.64. The summed E-state index contributed by atoms with van der Waals surface area (Å²) in [7, 11) is 0. The first-order valence-electron chi connectivity index (χ1n) is 6.64. The van der Waals surface area contributed by atoms with E-state index in [4.69, 9.17) is 0 Å². The van der Waals surface area contributed by atoms with Crippen molar-refractivity contribution in [3.63, 3.8) is 0 Å². The Morgan fingerprint density at radius 3 is 1.76 bits per heavy atom. The molecule has 0 saturated carbocycles. The second kappa shape index (κ2) is 8.23. The van der Waals surface area contributed by atoms with E-state index in [0.29, 0.717) is 0 Å². The molecule has 1 aliphatic rings. The lowest BCUT2D eigenvalue weighted by molar-refractivity contribution is 0.589. The highest BCUT2D eigenvalue weighted by Gasteiger charge is 2.10. The topological polar surface area (TPSA) is 15.3 Å². The molecule has 1 saturated heterocycles. The molecule has 1 fully saturated rings. The highest BCUT2D eigenvalue weighted by molar-refractivity contribution is 5.85. The average molecular weight is 329 g/mol. The van der Waals surface area contributed by atoms with Gasteiger partial charge < -0.3 is 10.2 Å². The van der Waals surface area contributed by atoms with Crippen molar-refractivity contribution in [2.45, 2.75) is 0 Å². The summed E-state index contributed by atoms with van der Waals surface area (Å²) in [5, 5.41) is 3.35. The number of piperazine rings is 1. The normalized spacial score (nSPS) is 14.0. The van der Waals surface area contributed by atoms with E-state index in [2.05, 4.69) is 34.5 Å². The third kappa shape index (κ3) is 4.34. The Kier molecular flexibility index (Phi) is 6.96. The lowest BCUT2D eigenvalue weighted by Crippen LogP contribution is -2.43. The minimum absolute atomic E-state index is 0. The van der Waals surface area contributed by atoms with E-state index in [9.17, 15) is 4.39 Å².